The van der Waals surface area contributed by atoms with Gasteiger partial charge in [-0.2, -0.15) is 0 Å². The molecule has 1 aromatic rings. The molecule has 0 fully saturated rings. The highest BCUT2D eigenvalue weighted by atomic mass is 31.2. The normalized spacial score (nSPS) is 12.1. The van der Waals surface area contributed by atoms with E-state index >= 15 is 0 Å². The fourth-order valence-corrected chi connectivity index (χ4v) is 2.74. The molecule has 4 nitrogen and oxygen atoms in total. The third-order valence-electron chi connectivity index (χ3n) is 1.64. The van der Waals surface area contributed by atoms with Crippen molar-refractivity contribution in [2.24, 2.45) is 0 Å². The zero-order valence-electron chi connectivity index (χ0n) is 10.6. The van der Waals surface area contributed by atoms with Crippen molar-refractivity contribution in [1.29, 1.82) is 0 Å². The fraction of sp³-hybridized carbons (Fsp3) is 0.500. The van der Waals surface area contributed by atoms with E-state index in [0.29, 0.717) is 5.75 Å². The summed E-state index contributed by atoms with van der Waals surface area (Å²) in [5, 5.41) is 0. The lowest BCUT2D eigenvalue weighted by Crippen LogP contribution is -2.11. The monoisotopic (exact) mass is 258 g/mol. The molecule has 0 bridgehead atoms. The zero-order valence-corrected chi connectivity index (χ0v) is 11.5. The molecule has 0 heterocycles. The van der Waals surface area contributed by atoms with Crippen LogP contribution in [0.5, 0.6) is 5.75 Å². The quantitative estimate of drug-likeness (QED) is 0.723. The lowest BCUT2D eigenvalue weighted by atomic mass is 10.3. The molecular weight excluding hydrogens is 239 g/mol. The van der Waals surface area contributed by atoms with Crippen molar-refractivity contribution in [2.75, 3.05) is 0 Å². The van der Waals surface area contributed by atoms with E-state index in [1.807, 2.05) is 6.07 Å². The van der Waals surface area contributed by atoms with Gasteiger partial charge in [0.1, 0.15) is 5.75 Å². The van der Waals surface area contributed by atoms with Gasteiger partial charge in [0.05, 0.1) is 12.2 Å². The number of hydrogen-bond donors (Lipinski definition) is 0. The molecule has 0 aliphatic rings. The lowest BCUT2D eigenvalue weighted by Gasteiger charge is -2.22. The first-order chi connectivity index (χ1) is 7.91. The van der Waals surface area contributed by atoms with Crippen LogP contribution in [0.4, 0.5) is 0 Å². The highest BCUT2D eigenvalue weighted by molar-refractivity contribution is 7.49. The van der Waals surface area contributed by atoms with E-state index in [-0.39, 0.29) is 12.2 Å². The molecule has 0 spiro atoms. The van der Waals surface area contributed by atoms with Crippen LogP contribution in [0, 0.1) is 0 Å². The Morgan fingerprint density at radius 2 is 1.41 bits per heavy atom. The average Bonchev–Trinajstić information content (AvgIpc) is 2.15. The molecule has 5 heteroatoms. The van der Waals surface area contributed by atoms with Crippen LogP contribution in [0.15, 0.2) is 30.3 Å². The molecule has 0 amide bonds. The smallest absolute Gasteiger partial charge is 0.404 e. The van der Waals surface area contributed by atoms with Crippen molar-refractivity contribution in [3.8, 4) is 5.75 Å². The highest BCUT2D eigenvalue weighted by Gasteiger charge is 2.31. The van der Waals surface area contributed by atoms with Gasteiger partial charge in [0.25, 0.3) is 0 Å². The van der Waals surface area contributed by atoms with Gasteiger partial charge in [0.15, 0.2) is 0 Å². The third kappa shape index (κ3) is 5.35. The van der Waals surface area contributed by atoms with Crippen LogP contribution in [0.2, 0.25) is 0 Å². The molecule has 1 aromatic carbocycles. The van der Waals surface area contributed by atoms with Crippen molar-refractivity contribution in [1.82, 2.24) is 0 Å². The van der Waals surface area contributed by atoms with Crippen LogP contribution < -0.4 is 4.52 Å². The first-order valence-electron chi connectivity index (χ1n) is 5.63. The standard InChI is InChI=1S/C12H19O4P/c1-10(2)14-17(13,15-11(3)4)16-12-8-6-5-7-9-12/h5-11H,1-4H3. The van der Waals surface area contributed by atoms with Gasteiger partial charge in [-0.3, -0.25) is 9.05 Å². The van der Waals surface area contributed by atoms with Crippen LogP contribution in [0.3, 0.4) is 0 Å². The summed E-state index contributed by atoms with van der Waals surface area (Å²) in [5.41, 5.74) is 0. The highest BCUT2D eigenvalue weighted by Crippen LogP contribution is 2.51. The van der Waals surface area contributed by atoms with E-state index < -0.39 is 7.82 Å². The van der Waals surface area contributed by atoms with Gasteiger partial charge in [-0.25, -0.2) is 4.57 Å². The molecule has 0 aliphatic carbocycles. The summed E-state index contributed by atoms with van der Waals surface area (Å²) in [6.07, 6.45) is -0.466. The molecular formula is C12H19O4P. The Hall–Kier alpha value is -0.830. The molecule has 0 aliphatic heterocycles. The number of phosphoric acid groups is 1. The minimum atomic E-state index is -3.55. The molecule has 0 radical (unpaired) electrons. The Morgan fingerprint density at radius 3 is 1.82 bits per heavy atom. The average molecular weight is 258 g/mol. The first kappa shape index (κ1) is 14.2. The maximum Gasteiger partial charge on any atom is 0.530 e. The van der Waals surface area contributed by atoms with Crippen LogP contribution >= 0.6 is 7.82 Å². The largest absolute Gasteiger partial charge is 0.530 e. The Bertz CT molecular complexity index is 361. The molecule has 0 unspecified atom stereocenters. The summed E-state index contributed by atoms with van der Waals surface area (Å²) in [6.45, 7) is 7.13. The number of benzene rings is 1. The second-order valence-electron chi connectivity index (χ2n) is 4.16. The zero-order chi connectivity index (χ0) is 12.9. The predicted molar refractivity (Wildman–Crippen MR) is 67.1 cm³/mol. The SMILES string of the molecule is CC(C)OP(=O)(Oc1ccccc1)OC(C)C. The summed E-state index contributed by atoms with van der Waals surface area (Å²) in [5.74, 6) is 0.470. The maximum atomic E-state index is 12.3. The summed E-state index contributed by atoms with van der Waals surface area (Å²) < 4.78 is 28.2. The van der Waals surface area contributed by atoms with Crippen molar-refractivity contribution < 1.29 is 18.1 Å². The predicted octanol–water partition coefficient (Wildman–Crippen LogP) is 4.02. The van der Waals surface area contributed by atoms with E-state index in [2.05, 4.69) is 0 Å². The van der Waals surface area contributed by atoms with Gasteiger partial charge in [-0.05, 0) is 39.8 Å². The minimum Gasteiger partial charge on any atom is -0.404 e. The van der Waals surface area contributed by atoms with Gasteiger partial charge in [0, 0.05) is 0 Å². The van der Waals surface area contributed by atoms with Gasteiger partial charge in [-0.15, -0.1) is 0 Å². The molecule has 0 atom stereocenters. The van der Waals surface area contributed by atoms with Crippen molar-refractivity contribution in [3.05, 3.63) is 30.3 Å². The second kappa shape index (κ2) is 6.20. The molecule has 0 aromatic heterocycles. The van der Waals surface area contributed by atoms with Crippen molar-refractivity contribution in [2.45, 2.75) is 39.9 Å². The molecule has 0 saturated heterocycles. The van der Waals surface area contributed by atoms with E-state index in [1.165, 1.54) is 0 Å². The number of para-hydroxylation sites is 1. The summed E-state index contributed by atoms with van der Waals surface area (Å²) >= 11 is 0. The van der Waals surface area contributed by atoms with Gasteiger partial charge in [0.2, 0.25) is 0 Å². The van der Waals surface area contributed by atoms with Gasteiger partial charge in [-0.1, -0.05) is 18.2 Å². The van der Waals surface area contributed by atoms with E-state index in [9.17, 15) is 4.57 Å². The Kier molecular flexibility index (Phi) is 5.19. The van der Waals surface area contributed by atoms with Crippen molar-refractivity contribution >= 4 is 7.82 Å². The third-order valence-corrected chi connectivity index (χ3v) is 3.43. The Morgan fingerprint density at radius 1 is 0.941 bits per heavy atom. The molecule has 96 valence electrons. The summed E-state index contributed by atoms with van der Waals surface area (Å²) in [4.78, 5) is 0. The van der Waals surface area contributed by atoms with Crippen molar-refractivity contribution in [3.63, 3.8) is 0 Å². The summed E-state index contributed by atoms with van der Waals surface area (Å²) in [6, 6.07) is 8.86. The van der Waals surface area contributed by atoms with E-state index in [0.717, 1.165) is 0 Å². The molecule has 0 N–H and O–H groups in total. The van der Waals surface area contributed by atoms with Gasteiger partial charge < -0.3 is 4.52 Å². The first-order valence-corrected chi connectivity index (χ1v) is 7.09. The molecule has 0 saturated carbocycles. The number of phosphoric ester groups is 1. The summed E-state index contributed by atoms with van der Waals surface area (Å²) in [7, 11) is -3.55. The number of hydrogen-bond acceptors (Lipinski definition) is 4. The Balaban J connectivity index is 2.80. The Labute approximate surface area is 103 Å². The van der Waals surface area contributed by atoms with E-state index in [4.69, 9.17) is 13.6 Å². The van der Waals surface area contributed by atoms with Crippen LogP contribution in [0.25, 0.3) is 0 Å². The maximum absolute atomic E-state index is 12.3. The minimum absolute atomic E-state index is 0.233. The van der Waals surface area contributed by atoms with Gasteiger partial charge >= 0.3 is 7.82 Å². The van der Waals surface area contributed by atoms with E-state index in [1.54, 1.807) is 52.0 Å². The second-order valence-corrected chi connectivity index (χ2v) is 5.66. The van der Waals surface area contributed by atoms with Crippen LogP contribution in [-0.4, -0.2) is 12.2 Å². The number of rotatable bonds is 6. The lowest BCUT2D eigenvalue weighted by molar-refractivity contribution is 0.103. The fourth-order valence-electron chi connectivity index (χ4n) is 1.19. The van der Waals surface area contributed by atoms with Crippen LogP contribution in [0.1, 0.15) is 27.7 Å². The molecule has 17 heavy (non-hydrogen) atoms. The topological polar surface area (TPSA) is 44.8 Å². The van der Waals surface area contributed by atoms with Crippen LogP contribution in [-0.2, 0) is 13.6 Å². The molecule has 1 rings (SSSR count).